The van der Waals surface area contributed by atoms with Gasteiger partial charge in [-0.3, -0.25) is 0 Å². The molecule has 1 aromatic heterocycles. The van der Waals surface area contributed by atoms with Crippen LogP contribution in [0.2, 0.25) is 0 Å². The number of nitrogens with two attached hydrogens (primary N) is 1. The summed E-state index contributed by atoms with van der Waals surface area (Å²) in [6.07, 6.45) is 0. The maximum atomic E-state index is 5.41. The number of nitrogens with zero attached hydrogens (tertiary/aromatic N) is 2. The third kappa shape index (κ3) is 3.66. The first kappa shape index (κ1) is 13.3. The molecule has 0 spiro atoms. The third-order valence-electron chi connectivity index (χ3n) is 2.58. The van der Waals surface area contributed by atoms with Gasteiger partial charge in [0, 0.05) is 18.7 Å². The van der Waals surface area contributed by atoms with Crippen LogP contribution in [0.3, 0.4) is 0 Å². The molecule has 0 bridgehead atoms. The highest BCUT2D eigenvalue weighted by atomic mass is 16.5. The van der Waals surface area contributed by atoms with Gasteiger partial charge >= 0.3 is 0 Å². The van der Waals surface area contributed by atoms with Gasteiger partial charge in [-0.15, -0.1) is 10.2 Å². The van der Waals surface area contributed by atoms with Crippen molar-refractivity contribution < 1.29 is 4.74 Å². The van der Waals surface area contributed by atoms with Gasteiger partial charge in [-0.05, 0) is 43.3 Å². The smallest absolute Gasteiger partial charge is 0.148 e. The molecule has 0 aliphatic carbocycles. The molecule has 0 unspecified atom stereocenters. The summed E-state index contributed by atoms with van der Waals surface area (Å²) in [5, 5.41) is 11.4. The average molecular weight is 258 g/mol. The van der Waals surface area contributed by atoms with Crippen LogP contribution in [-0.2, 0) is 0 Å². The Morgan fingerprint density at radius 2 is 1.89 bits per heavy atom. The number of rotatable bonds is 6. The van der Waals surface area contributed by atoms with Crippen molar-refractivity contribution in [2.45, 2.75) is 6.92 Å². The van der Waals surface area contributed by atoms with Crippen molar-refractivity contribution in [1.29, 1.82) is 0 Å². The van der Waals surface area contributed by atoms with Gasteiger partial charge in [0.15, 0.2) is 0 Å². The van der Waals surface area contributed by atoms with Gasteiger partial charge in [-0.2, -0.15) is 0 Å². The van der Waals surface area contributed by atoms with E-state index in [0.29, 0.717) is 19.7 Å². The van der Waals surface area contributed by atoms with E-state index in [-0.39, 0.29) is 0 Å². The second-order valence-electron chi connectivity index (χ2n) is 3.98. The molecule has 0 saturated carbocycles. The van der Waals surface area contributed by atoms with Crippen LogP contribution in [0.1, 0.15) is 6.92 Å². The van der Waals surface area contributed by atoms with E-state index in [1.165, 1.54) is 0 Å². The van der Waals surface area contributed by atoms with Gasteiger partial charge in [0.25, 0.3) is 0 Å². The predicted molar refractivity (Wildman–Crippen MR) is 76.2 cm³/mol. The Bertz CT molecular complexity index is 496. The molecule has 0 aliphatic heterocycles. The second-order valence-corrected chi connectivity index (χ2v) is 3.98. The Kier molecular flexibility index (Phi) is 4.69. The summed E-state index contributed by atoms with van der Waals surface area (Å²) < 4.78 is 5.40. The molecule has 100 valence electrons. The van der Waals surface area contributed by atoms with E-state index < -0.39 is 0 Å². The van der Waals surface area contributed by atoms with Crippen LogP contribution in [0.25, 0.3) is 11.3 Å². The standard InChI is InChI=1S/C14H18N4O/c1-2-19-12-5-3-11(4-6-12)13-7-8-14(18-17-13)16-10-9-15/h3-8H,2,9-10,15H2,1H3,(H,16,18). The summed E-state index contributed by atoms with van der Waals surface area (Å²) in [7, 11) is 0. The Hall–Kier alpha value is -2.14. The van der Waals surface area contributed by atoms with Crippen LogP contribution in [0.5, 0.6) is 5.75 Å². The fourth-order valence-corrected chi connectivity index (χ4v) is 1.67. The molecule has 5 nitrogen and oxygen atoms in total. The monoisotopic (exact) mass is 258 g/mol. The molecule has 0 radical (unpaired) electrons. The zero-order valence-corrected chi connectivity index (χ0v) is 11.0. The molecule has 0 amide bonds. The largest absolute Gasteiger partial charge is 0.494 e. The lowest BCUT2D eigenvalue weighted by atomic mass is 10.1. The van der Waals surface area contributed by atoms with E-state index >= 15 is 0 Å². The predicted octanol–water partition coefficient (Wildman–Crippen LogP) is 1.91. The van der Waals surface area contributed by atoms with Crippen molar-refractivity contribution in [2.75, 3.05) is 25.0 Å². The summed E-state index contributed by atoms with van der Waals surface area (Å²) in [5.74, 6) is 1.60. The highest BCUT2D eigenvalue weighted by Gasteiger charge is 2.01. The van der Waals surface area contributed by atoms with E-state index in [9.17, 15) is 0 Å². The van der Waals surface area contributed by atoms with Crippen molar-refractivity contribution in [3.05, 3.63) is 36.4 Å². The van der Waals surface area contributed by atoms with E-state index in [1.807, 2.05) is 43.3 Å². The number of aromatic nitrogens is 2. The van der Waals surface area contributed by atoms with E-state index in [2.05, 4.69) is 15.5 Å². The van der Waals surface area contributed by atoms with Crippen molar-refractivity contribution in [3.63, 3.8) is 0 Å². The Morgan fingerprint density at radius 1 is 1.11 bits per heavy atom. The number of ether oxygens (including phenoxy) is 1. The number of hydrogen-bond acceptors (Lipinski definition) is 5. The first-order valence-corrected chi connectivity index (χ1v) is 6.34. The molecule has 0 saturated heterocycles. The molecule has 1 heterocycles. The molecular weight excluding hydrogens is 240 g/mol. The molecule has 0 fully saturated rings. The number of nitrogens with one attached hydrogen (secondary N) is 1. The molecule has 5 heteroatoms. The summed E-state index contributed by atoms with van der Waals surface area (Å²) in [6.45, 7) is 3.90. The van der Waals surface area contributed by atoms with Crippen LogP contribution in [0.15, 0.2) is 36.4 Å². The molecule has 0 atom stereocenters. The third-order valence-corrected chi connectivity index (χ3v) is 2.58. The molecule has 19 heavy (non-hydrogen) atoms. The summed E-state index contributed by atoms with van der Waals surface area (Å²) in [5.41, 5.74) is 7.26. The van der Waals surface area contributed by atoms with Crippen molar-refractivity contribution in [2.24, 2.45) is 5.73 Å². The first-order valence-electron chi connectivity index (χ1n) is 6.34. The maximum absolute atomic E-state index is 5.41. The first-order chi connectivity index (χ1) is 9.33. The Labute approximate surface area is 112 Å². The van der Waals surface area contributed by atoms with Crippen LogP contribution < -0.4 is 15.8 Å². The lowest BCUT2D eigenvalue weighted by molar-refractivity contribution is 0.340. The summed E-state index contributed by atoms with van der Waals surface area (Å²) in [6, 6.07) is 11.6. The minimum Gasteiger partial charge on any atom is -0.494 e. The minimum absolute atomic E-state index is 0.572. The molecule has 1 aromatic carbocycles. The SMILES string of the molecule is CCOc1ccc(-c2ccc(NCCN)nn2)cc1. The highest BCUT2D eigenvalue weighted by molar-refractivity contribution is 5.60. The average Bonchev–Trinajstić information content (AvgIpc) is 2.47. The fourth-order valence-electron chi connectivity index (χ4n) is 1.67. The van der Waals surface area contributed by atoms with Gasteiger partial charge in [0.2, 0.25) is 0 Å². The van der Waals surface area contributed by atoms with Gasteiger partial charge < -0.3 is 15.8 Å². The molecule has 2 rings (SSSR count). The molecule has 2 aromatic rings. The molecule has 0 aliphatic rings. The van der Waals surface area contributed by atoms with Gasteiger partial charge in [0.1, 0.15) is 11.6 Å². The zero-order chi connectivity index (χ0) is 13.5. The van der Waals surface area contributed by atoms with Crippen molar-refractivity contribution in [1.82, 2.24) is 10.2 Å². The van der Waals surface area contributed by atoms with Crippen LogP contribution in [0, 0.1) is 0 Å². The summed E-state index contributed by atoms with van der Waals surface area (Å²) >= 11 is 0. The highest BCUT2D eigenvalue weighted by Crippen LogP contribution is 2.20. The quantitative estimate of drug-likeness (QED) is 0.828. The van der Waals surface area contributed by atoms with E-state index in [0.717, 1.165) is 22.8 Å². The van der Waals surface area contributed by atoms with Crippen LogP contribution in [-0.4, -0.2) is 29.9 Å². The zero-order valence-electron chi connectivity index (χ0n) is 11.0. The van der Waals surface area contributed by atoms with Gasteiger partial charge in [-0.25, -0.2) is 0 Å². The molecular formula is C14H18N4O. The van der Waals surface area contributed by atoms with E-state index in [1.54, 1.807) is 0 Å². The lowest BCUT2D eigenvalue weighted by Gasteiger charge is -2.06. The topological polar surface area (TPSA) is 73.1 Å². The van der Waals surface area contributed by atoms with E-state index in [4.69, 9.17) is 10.5 Å². The Balaban J connectivity index is 2.08. The van der Waals surface area contributed by atoms with Crippen LogP contribution >= 0.6 is 0 Å². The minimum atomic E-state index is 0.572. The van der Waals surface area contributed by atoms with Gasteiger partial charge in [0.05, 0.1) is 12.3 Å². The number of hydrogen-bond donors (Lipinski definition) is 2. The summed E-state index contributed by atoms with van der Waals surface area (Å²) in [4.78, 5) is 0. The molecule has 3 N–H and O–H groups in total. The van der Waals surface area contributed by atoms with Gasteiger partial charge in [-0.1, -0.05) is 0 Å². The van der Waals surface area contributed by atoms with Crippen molar-refractivity contribution in [3.8, 4) is 17.0 Å². The maximum Gasteiger partial charge on any atom is 0.148 e. The van der Waals surface area contributed by atoms with Crippen molar-refractivity contribution >= 4 is 5.82 Å². The normalized spacial score (nSPS) is 10.2. The Morgan fingerprint density at radius 3 is 2.47 bits per heavy atom. The van der Waals surface area contributed by atoms with Crippen LogP contribution in [0.4, 0.5) is 5.82 Å². The number of anilines is 1. The second kappa shape index (κ2) is 6.70. The fraction of sp³-hybridized carbons (Fsp3) is 0.286. The lowest BCUT2D eigenvalue weighted by Crippen LogP contribution is -2.14. The number of benzene rings is 1.